The molecule has 0 aliphatic rings. The van der Waals surface area contributed by atoms with Crippen LogP contribution in [-0.2, 0) is 4.79 Å². The molecule has 0 aromatic carbocycles. The van der Waals surface area contributed by atoms with E-state index < -0.39 is 6.10 Å². The summed E-state index contributed by atoms with van der Waals surface area (Å²) in [6.07, 6.45) is 2.31. The minimum Gasteiger partial charge on any atom is -0.394 e. The van der Waals surface area contributed by atoms with Crippen molar-refractivity contribution in [2.75, 3.05) is 13.2 Å². The average molecular weight is 161 g/mol. The van der Waals surface area contributed by atoms with E-state index in [0.29, 0.717) is 19.4 Å². The number of hydrogen-bond acceptors (Lipinski definition) is 3. The summed E-state index contributed by atoms with van der Waals surface area (Å²) in [5, 5.41) is 19.8. The van der Waals surface area contributed by atoms with Gasteiger partial charge in [0.25, 0.3) is 0 Å². The molecule has 0 aromatic heterocycles. The first-order valence-corrected chi connectivity index (χ1v) is 3.77. The molecule has 0 saturated heterocycles. The van der Waals surface area contributed by atoms with E-state index in [4.69, 9.17) is 10.2 Å². The molecule has 0 bridgehead atoms. The molecule has 0 rings (SSSR count). The maximum absolute atomic E-state index is 9.76. The van der Waals surface area contributed by atoms with Gasteiger partial charge in [-0.3, -0.25) is 4.79 Å². The van der Waals surface area contributed by atoms with Crippen LogP contribution in [0.2, 0.25) is 0 Å². The molecule has 0 heterocycles. The third-order valence-electron chi connectivity index (χ3n) is 1.40. The van der Waals surface area contributed by atoms with Gasteiger partial charge < -0.3 is 15.5 Å². The SMILES string of the molecule is O=CNCCCCC(O)CO. The molecule has 0 aromatic rings. The third kappa shape index (κ3) is 7.29. The monoisotopic (exact) mass is 161 g/mol. The van der Waals surface area contributed by atoms with Gasteiger partial charge in [0.1, 0.15) is 0 Å². The molecule has 3 N–H and O–H groups in total. The van der Waals surface area contributed by atoms with Crippen LogP contribution >= 0.6 is 0 Å². The first kappa shape index (κ1) is 10.4. The highest BCUT2D eigenvalue weighted by Crippen LogP contribution is 1.98. The minimum atomic E-state index is -0.605. The molecular formula is C7H15NO3. The Labute approximate surface area is 66.2 Å². The van der Waals surface area contributed by atoms with E-state index >= 15 is 0 Å². The lowest BCUT2D eigenvalue weighted by molar-refractivity contribution is -0.109. The molecular weight excluding hydrogens is 146 g/mol. The highest BCUT2D eigenvalue weighted by Gasteiger charge is 1.99. The van der Waals surface area contributed by atoms with E-state index in [0.717, 1.165) is 12.8 Å². The van der Waals surface area contributed by atoms with Gasteiger partial charge in [-0.05, 0) is 19.3 Å². The summed E-state index contributed by atoms with van der Waals surface area (Å²) >= 11 is 0. The van der Waals surface area contributed by atoms with Gasteiger partial charge >= 0.3 is 0 Å². The van der Waals surface area contributed by atoms with E-state index in [-0.39, 0.29) is 6.61 Å². The Morgan fingerprint density at radius 1 is 1.45 bits per heavy atom. The predicted molar refractivity (Wildman–Crippen MR) is 41.0 cm³/mol. The number of rotatable bonds is 7. The largest absolute Gasteiger partial charge is 0.394 e. The van der Waals surface area contributed by atoms with E-state index in [1.165, 1.54) is 0 Å². The topological polar surface area (TPSA) is 69.6 Å². The summed E-state index contributed by atoms with van der Waals surface area (Å²) in [5.74, 6) is 0. The van der Waals surface area contributed by atoms with Crippen LogP contribution in [0.25, 0.3) is 0 Å². The number of nitrogens with one attached hydrogen (secondary N) is 1. The third-order valence-corrected chi connectivity index (χ3v) is 1.40. The fourth-order valence-electron chi connectivity index (χ4n) is 0.757. The molecule has 0 fully saturated rings. The molecule has 0 aliphatic carbocycles. The summed E-state index contributed by atoms with van der Waals surface area (Å²) in [7, 11) is 0. The lowest BCUT2D eigenvalue weighted by Gasteiger charge is -2.05. The van der Waals surface area contributed by atoms with Gasteiger partial charge in [0.2, 0.25) is 6.41 Å². The summed E-state index contributed by atoms with van der Waals surface area (Å²) < 4.78 is 0. The number of unbranched alkanes of at least 4 members (excludes halogenated alkanes) is 1. The van der Waals surface area contributed by atoms with E-state index in [1.807, 2.05) is 0 Å². The molecule has 0 spiro atoms. The van der Waals surface area contributed by atoms with Crippen LogP contribution in [-0.4, -0.2) is 35.9 Å². The second kappa shape index (κ2) is 7.50. The highest BCUT2D eigenvalue weighted by atomic mass is 16.3. The molecule has 0 radical (unpaired) electrons. The van der Waals surface area contributed by atoms with Crippen LogP contribution in [0.5, 0.6) is 0 Å². The van der Waals surface area contributed by atoms with Crippen molar-refractivity contribution in [2.45, 2.75) is 25.4 Å². The second-order valence-corrected chi connectivity index (χ2v) is 2.40. The average Bonchev–Trinajstić information content (AvgIpc) is 2.04. The van der Waals surface area contributed by atoms with Crippen molar-refractivity contribution >= 4 is 6.41 Å². The number of carbonyl (C=O) groups is 1. The normalized spacial score (nSPS) is 12.5. The molecule has 1 unspecified atom stereocenters. The molecule has 0 aliphatic heterocycles. The van der Waals surface area contributed by atoms with Crippen LogP contribution in [0.15, 0.2) is 0 Å². The molecule has 4 heteroatoms. The van der Waals surface area contributed by atoms with Crippen molar-refractivity contribution in [1.29, 1.82) is 0 Å². The Morgan fingerprint density at radius 2 is 2.18 bits per heavy atom. The summed E-state index contributed by atoms with van der Waals surface area (Å²) in [4.78, 5) is 9.76. The Morgan fingerprint density at radius 3 is 2.73 bits per heavy atom. The van der Waals surface area contributed by atoms with Crippen LogP contribution in [0, 0.1) is 0 Å². The van der Waals surface area contributed by atoms with Gasteiger partial charge in [0, 0.05) is 6.54 Å². The summed E-state index contributed by atoms with van der Waals surface area (Å²) in [5.41, 5.74) is 0. The number of aliphatic hydroxyl groups excluding tert-OH is 2. The number of aliphatic hydroxyl groups is 2. The number of carbonyl (C=O) groups excluding carboxylic acids is 1. The van der Waals surface area contributed by atoms with Crippen molar-refractivity contribution in [3.63, 3.8) is 0 Å². The Kier molecular flexibility index (Phi) is 7.08. The van der Waals surface area contributed by atoms with Crippen molar-refractivity contribution in [3.05, 3.63) is 0 Å². The maximum Gasteiger partial charge on any atom is 0.207 e. The summed E-state index contributed by atoms with van der Waals surface area (Å²) in [6, 6.07) is 0. The fourth-order valence-corrected chi connectivity index (χ4v) is 0.757. The van der Waals surface area contributed by atoms with E-state index in [2.05, 4.69) is 5.32 Å². The van der Waals surface area contributed by atoms with Crippen LogP contribution in [0.3, 0.4) is 0 Å². The molecule has 1 amide bonds. The fraction of sp³-hybridized carbons (Fsp3) is 0.857. The molecule has 1 atom stereocenters. The number of amides is 1. The van der Waals surface area contributed by atoms with Crippen molar-refractivity contribution in [3.8, 4) is 0 Å². The number of hydrogen-bond donors (Lipinski definition) is 3. The van der Waals surface area contributed by atoms with Gasteiger partial charge in [0.05, 0.1) is 12.7 Å². The lowest BCUT2D eigenvalue weighted by Crippen LogP contribution is -2.15. The Balaban J connectivity index is 2.95. The zero-order chi connectivity index (χ0) is 8.53. The van der Waals surface area contributed by atoms with Crippen LogP contribution < -0.4 is 5.32 Å². The van der Waals surface area contributed by atoms with E-state index in [1.54, 1.807) is 0 Å². The summed E-state index contributed by atoms with van der Waals surface area (Å²) in [6.45, 7) is 0.461. The van der Waals surface area contributed by atoms with Gasteiger partial charge in [0.15, 0.2) is 0 Å². The van der Waals surface area contributed by atoms with Gasteiger partial charge in [-0.25, -0.2) is 0 Å². The van der Waals surface area contributed by atoms with Crippen molar-refractivity contribution in [2.24, 2.45) is 0 Å². The minimum absolute atomic E-state index is 0.179. The standard InChI is InChI=1S/C7H15NO3/c9-5-7(11)3-1-2-4-8-6-10/h6-7,9,11H,1-5H2,(H,8,10). The van der Waals surface area contributed by atoms with Crippen LogP contribution in [0.4, 0.5) is 0 Å². The molecule has 66 valence electrons. The van der Waals surface area contributed by atoms with Gasteiger partial charge in [-0.2, -0.15) is 0 Å². The van der Waals surface area contributed by atoms with Gasteiger partial charge in [-0.1, -0.05) is 0 Å². The first-order valence-electron chi connectivity index (χ1n) is 3.77. The molecule has 11 heavy (non-hydrogen) atoms. The van der Waals surface area contributed by atoms with E-state index in [9.17, 15) is 4.79 Å². The smallest absolute Gasteiger partial charge is 0.207 e. The Bertz CT molecular complexity index is 97.7. The predicted octanol–water partition coefficient (Wildman–Crippen LogP) is -0.744. The van der Waals surface area contributed by atoms with Crippen molar-refractivity contribution in [1.82, 2.24) is 5.32 Å². The van der Waals surface area contributed by atoms with Gasteiger partial charge in [-0.15, -0.1) is 0 Å². The second-order valence-electron chi connectivity index (χ2n) is 2.40. The molecule has 0 saturated carbocycles. The quantitative estimate of drug-likeness (QED) is 0.340. The Hall–Kier alpha value is -0.610. The zero-order valence-electron chi connectivity index (χ0n) is 6.49. The first-order chi connectivity index (χ1) is 5.31. The zero-order valence-corrected chi connectivity index (χ0v) is 6.49. The lowest BCUT2D eigenvalue weighted by atomic mass is 10.1. The maximum atomic E-state index is 9.76. The highest BCUT2D eigenvalue weighted by molar-refractivity contribution is 5.45. The van der Waals surface area contributed by atoms with Crippen LogP contribution in [0.1, 0.15) is 19.3 Å². The van der Waals surface area contributed by atoms with Crippen molar-refractivity contribution < 1.29 is 15.0 Å². The molecule has 4 nitrogen and oxygen atoms in total.